The number of nitrogens with two attached hydrogens (primary N) is 1. The number of fused-ring (bicyclic) bond motifs is 1. The Morgan fingerprint density at radius 3 is 2.86 bits per heavy atom. The summed E-state index contributed by atoms with van der Waals surface area (Å²) in [6.07, 6.45) is 7.06. The predicted octanol–water partition coefficient (Wildman–Crippen LogP) is 3.16. The summed E-state index contributed by atoms with van der Waals surface area (Å²) in [7, 11) is 0. The smallest absolute Gasteiger partial charge is 0.267 e. The molecule has 112 valence electrons. The van der Waals surface area contributed by atoms with Crippen LogP contribution in [0.4, 0.5) is 5.69 Å². The van der Waals surface area contributed by atoms with Gasteiger partial charge in [0.05, 0.1) is 0 Å². The molecule has 1 amide bonds. The first kappa shape index (κ1) is 14.3. The van der Waals surface area contributed by atoms with Crippen molar-refractivity contribution in [3.8, 4) is 0 Å². The van der Waals surface area contributed by atoms with Crippen molar-refractivity contribution in [3.05, 3.63) is 30.0 Å². The Balaban J connectivity index is 1.72. The largest absolute Gasteiger partial charge is 0.399 e. The Morgan fingerprint density at radius 2 is 2.14 bits per heavy atom. The van der Waals surface area contributed by atoms with Gasteiger partial charge in [-0.2, -0.15) is 11.8 Å². The van der Waals surface area contributed by atoms with Crippen molar-refractivity contribution >= 4 is 34.3 Å². The maximum atomic E-state index is 12.3. The van der Waals surface area contributed by atoms with E-state index >= 15 is 0 Å². The van der Waals surface area contributed by atoms with Gasteiger partial charge >= 0.3 is 0 Å². The SMILES string of the molecule is CSC1(CNC(=O)c2cc3cc(N)ccc3[nH]2)CCCC1. The molecule has 1 fully saturated rings. The molecule has 5 heteroatoms. The summed E-state index contributed by atoms with van der Waals surface area (Å²) in [4.78, 5) is 15.5. The lowest BCUT2D eigenvalue weighted by atomic mass is 10.1. The molecule has 0 atom stereocenters. The van der Waals surface area contributed by atoms with Crippen LogP contribution in [0.1, 0.15) is 36.2 Å². The lowest BCUT2D eigenvalue weighted by molar-refractivity contribution is 0.0945. The van der Waals surface area contributed by atoms with E-state index in [0.717, 1.165) is 17.4 Å². The number of hydrogen-bond donors (Lipinski definition) is 3. The fraction of sp³-hybridized carbons (Fsp3) is 0.438. The first-order chi connectivity index (χ1) is 10.1. The average molecular weight is 303 g/mol. The third kappa shape index (κ3) is 2.88. The van der Waals surface area contributed by atoms with Gasteiger partial charge in [-0.05, 0) is 43.4 Å². The van der Waals surface area contributed by atoms with Gasteiger partial charge in [-0.1, -0.05) is 12.8 Å². The zero-order chi connectivity index (χ0) is 14.9. The van der Waals surface area contributed by atoms with E-state index in [2.05, 4.69) is 16.6 Å². The Bertz CT molecular complexity index is 659. The number of amides is 1. The molecule has 21 heavy (non-hydrogen) atoms. The molecule has 1 aromatic carbocycles. The number of H-pyrrole nitrogens is 1. The van der Waals surface area contributed by atoms with Crippen molar-refractivity contribution in [2.75, 3.05) is 18.5 Å². The molecule has 0 saturated heterocycles. The normalized spacial score (nSPS) is 17.2. The highest BCUT2D eigenvalue weighted by atomic mass is 32.2. The van der Waals surface area contributed by atoms with E-state index in [9.17, 15) is 4.79 Å². The van der Waals surface area contributed by atoms with Crippen molar-refractivity contribution in [3.63, 3.8) is 0 Å². The highest BCUT2D eigenvalue weighted by Gasteiger charge is 2.33. The van der Waals surface area contributed by atoms with Crippen molar-refractivity contribution in [2.45, 2.75) is 30.4 Å². The zero-order valence-electron chi connectivity index (χ0n) is 12.2. The Morgan fingerprint density at radius 1 is 1.38 bits per heavy atom. The Hall–Kier alpha value is -1.62. The van der Waals surface area contributed by atoms with Crippen molar-refractivity contribution < 1.29 is 4.79 Å². The molecule has 2 aromatic rings. The Labute approximate surface area is 128 Å². The predicted molar refractivity (Wildman–Crippen MR) is 89.8 cm³/mol. The number of nitrogens with one attached hydrogen (secondary N) is 2. The Kier molecular flexibility index (Phi) is 3.85. The van der Waals surface area contributed by atoms with Crippen LogP contribution >= 0.6 is 11.8 Å². The number of carbonyl (C=O) groups is 1. The second kappa shape index (κ2) is 5.64. The number of anilines is 1. The average Bonchev–Trinajstić information content (AvgIpc) is 3.11. The van der Waals surface area contributed by atoms with Crippen LogP contribution in [0.3, 0.4) is 0 Å². The lowest BCUT2D eigenvalue weighted by Gasteiger charge is -2.26. The molecule has 0 radical (unpaired) electrons. The van der Waals surface area contributed by atoms with Gasteiger partial charge in [0.25, 0.3) is 5.91 Å². The zero-order valence-corrected chi connectivity index (χ0v) is 13.1. The monoisotopic (exact) mass is 303 g/mol. The van der Waals surface area contributed by atoms with Gasteiger partial charge in [-0.3, -0.25) is 4.79 Å². The molecule has 3 rings (SSSR count). The molecule has 1 heterocycles. The minimum Gasteiger partial charge on any atom is -0.399 e. The molecule has 0 aliphatic heterocycles. The van der Waals surface area contributed by atoms with Gasteiger partial charge in [0.1, 0.15) is 5.69 Å². The van der Waals surface area contributed by atoms with E-state index in [1.807, 2.05) is 36.0 Å². The number of aromatic amines is 1. The molecular weight excluding hydrogens is 282 g/mol. The third-order valence-corrected chi connectivity index (χ3v) is 5.83. The van der Waals surface area contributed by atoms with E-state index in [1.165, 1.54) is 25.7 Å². The van der Waals surface area contributed by atoms with Crippen LogP contribution < -0.4 is 11.1 Å². The fourth-order valence-corrected chi connectivity index (χ4v) is 4.00. The number of aromatic nitrogens is 1. The van der Waals surface area contributed by atoms with Crippen LogP contribution in [0, 0.1) is 0 Å². The highest BCUT2D eigenvalue weighted by Crippen LogP contribution is 2.39. The summed E-state index contributed by atoms with van der Waals surface area (Å²) in [5.41, 5.74) is 8.02. The van der Waals surface area contributed by atoms with Gasteiger partial charge in [-0.15, -0.1) is 0 Å². The summed E-state index contributed by atoms with van der Waals surface area (Å²) < 4.78 is 0.228. The molecular formula is C16H21N3OS. The summed E-state index contributed by atoms with van der Waals surface area (Å²) in [5, 5.41) is 4.06. The standard InChI is InChI=1S/C16H21N3OS/c1-21-16(6-2-3-7-16)10-18-15(20)14-9-11-8-12(17)4-5-13(11)19-14/h4-5,8-9,19H,2-3,6-7,10,17H2,1H3,(H,18,20). The molecule has 4 N–H and O–H groups in total. The molecule has 4 nitrogen and oxygen atoms in total. The van der Waals surface area contributed by atoms with Crippen molar-refractivity contribution in [1.82, 2.24) is 10.3 Å². The van der Waals surface area contributed by atoms with Gasteiger partial charge in [0.2, 0.25) is 0 Å². The fourth-order valence-electron chi connectivity index (χ4n) is 3.08. The first-order valence-electron chi connectivity index (χ1n) is 7.33. The second-order valence-corrected chi connectivity index (χ2v) is 7.08. The maximum Gasteiger partial charge on any atom is 0.267 e. The van der Waals surface area contributed by atoms with Gasteiger partial charge < -0.3 is 16.0 Å². The second-order valence-electron chi connectivity index (χ2n) is 5.81. The number of benzene rings is 1. The maximum absolute atomic E-state index is 12.3. The lowest BCUT2D eigenvalue weighted by Crippen LogP contribution is -2.38. The van der Waals surface area contributed by atoms with Crippen LogP contribution in [-0.2, 0) is 0 Å². The van der Waals surface area contributed by atoms with Crippen LogP contribution in [0.2, 0.25) is 0 Å². The summed E-state index contributed by atoms with van der Waals surface area (Å²) in [5.74, 6) is -0.0369. The quantitative estimate of drug-likeness (QED) is 0.760. The van der Waals surface area contributed by atoms with Gasteiger partial charge in [0.15, 0.2) is 0 Å². The van der Waals surface area contributed by atoms with Crippen molar-refractivity contribution in [2.24, 2.45) is 0 Å². The van der Waals surface area contributed by atoms with Crippen LogP contribution in [0.25, 0.3) is 10.9 Å². The number of carbonyl (C=O) groups excluding carboxylic acids is 1. The van der Waals surface area contributed by atoms with Crippen LogP contribution in [-0.4, -0.2) is 28.4 Å². The molecule has 1 saturated carbocycles. The number of rotatable bonds is 4. The minimum absolute atomic E-state index is 0.0369. The minimum atomic E-state index is -0.0369. The molecule has 1 aliphatic rings. The van der Waals surface area contributed by atoms with E-state index < -0.39 is 0 Å². The van der Waals surface area contributed by atoms with Gasteiger partial charge in [0, 0.05) is 27.9 Å². The topological polar surface area (TPSA) is 70.9 Å². The molecule has 1 aliphatic carbocycles. The van der Waals surface area contributed by atoms with Crippen LogP contribution in [0.5, 0.6) is 0 Å². The van der Waals surface area contributed by atoms with Gasteiger partial charge in [-0.25, -0.2) is 0 Å². The first-order valence-corrected chi connectivity index (χ1v) is 8.56. The van der Waals surface area contributed by atoms with E-state index in [4.69, 9.17) is 5.73 Å². The molecule has 0 unspecified atom stereocenters. The number of nitrogen functional groups attached to an aromatic ring is 1. The number of hydrogen-bond acceptors (Lipinski definition) is 3. The highest BCUT2D eigenvalue weighted by molar-refractivity contribution is 8.00. The third-order valence-electron chi connectivity index (χ3n) is 4.41. The summed E-state index contributed by atoms with van der Waals surface area (Å²) >= 11 is 1.88. The number of thioether (sulfide) groups is 1. The molecule has 0 spiro atoms. The van der Waals surface area contributed by atoms with E-state index in [0.29, 0.717) is 11.4 Å². The molecule has 0 bridgehead atoms. The molecule has 1 aromatic heterocycles. The summed E-state index contributed by atoms with van der Waals surface area (Å²) in [6.45, 7) is 0.741. The van der Waals surface area contributed by atoms with E-state index in [1.54, 1.807) is 0 Å². The summed E-state index contributed by atoms with van der Waals surface area (Å²) in [6, 6.07) is 7.48. The van der Waals surface area contributed by atoms with Crippen molar-refractivity contribution in [1.29, 1.82) is 0 Å². The van der Waals surface area contributed by atoms with E-state index in [-0.39, 0.29) is 10.7 Å². The van der Waals surface area contributed by atoms with Crippen LogP contribution in [0.15, 0.2) is 24.3 Å².